The van der Waals surface area contributed by atoms with Crippen molar-refractivity contribution >= 4 is 23.0 Å². The van der Waals surface area contributed by atoms with Crippen LogP contribution in [0.4, 0.5) is 11.4 Å². The predicted molar refractivity (Wildman–Crippen MR) is 55.9 cm³/mol. The van der Waals surface area contributed by atoms with Gasteiger partial charge in [0.15, 0.2) is 0 Å². The summed E-state index contributed by atoms with van der Waals surface area (Å²) < 4.78 is 0. The van der Waals surface area contributed by atoms with Crippen LogP contribution < -0.4 is 10.8 Å². The molecule has 2 N–H and O–H groups in total. The maximum atomic E-state index is 5.76. The molecule has 0 aliphatic rings. The summed E-state index contributed by atoms with van der Waals surface area (Å²) in [6.07, 6.45) is 0. The van der Waals surface area contributed by atoms with Gasteiger partial charge in [0, 0.05) is 12.1 Å². The third-order valence-corrected chi connectivity index (χ3v) is 1.89. The van der Waals surface area contributed by atoms with E-state index in [9.17, 15) is 0 Å². The van der Waals surface area contributed by atoms with Gasteiger partial charge in [-0.25, -0.2) is 0 Å². The quantitative estimate of drug-likeness (QED) is 0.601. The number of halogens is 1. The van der Waals surface area contributed by atoms with Gasteiger partial charge in [0.25, 0.3) is 0 Å². The molecule has 0 bridgehead atoms. The highest BCUT2D eigenvalue weighted by molar-refractivity contribution is 6.31. The van der Waals surface area contributed by atoms with Gasteiger partial charge >= 0.3 is 0 Å². The molecule has 1 aromatic rings. The SMILES string of the molecule is CCON(C)c1ccc(Cl)cc1N. The highest BCUT2D eigenvalue weighted by Gasteiger charge is 2.04. The maximum Gasteiger partial charge on any atom is 0.0863 e. The van der Waals surface area contributed by atoms with Crippen LogP contribution in [0.5, 0.6) is 0 Å². The van der Waals surface area contributed by atoms with Crippen molar-refractivity contribution in [2.24, 2.45) is 0 Å². The first-order valence-corrected chi connectivity index (χ1v) is 4.44. The Hall–Kier alpha value is -0.930. The summed E-state index contributed by atoms with van der Waals surface area (Å²) in [7, 11) is 1.81. The van der Waals surface area contributed by atoms with Crippen molar-refractivity contribution in [2.75, 3.05) is 24.5 Å². The zero-order valence-corrected chi connectivity index (χ0v) is 8.51. The fourth-order valence-corrected chi connectivity index (χ4v) is 1.26. The zero-order chi connectivity index (χ0) is 9.84. The number of hydrogen-bond donors (Lipinski definition) is 1. The van der Waals surface area contributed by atoms with Gasteiger partial charge in [0.1, 0.15) is 0 Å². The van der Waals surface area contributed by atoms with Gasteiger partial charge in [-0.2, -0.15) is 0 Å². The lowest BCUT2D eigenvalue weighted by molar-refractivity contribution is 0.135. The van der Waals surface area contributed by atoms with E-state index in [2.05, 4.69) is 0 Å². The molecule has 0 atom stereocenters. The van der Waals surface area contributed by atoms with E-state index in [4.69, 9.17) is 22.2 Å². The van der Waals surface area contributed by atoms with Crippen molar-refractivity contribution in [3.63, 3.8) is 0 Å². The summed E-state index contributed by atoms with van der Waals surface area (Å²) in [5, 5.41) is 2.26. The lowest BCUT2D eigenvalue weighted by Crippen LogP contribution is -2.18. The molecule has 0 saturated heterocycles. The first-order chi connectivity index (χ1) is 6.15. The topological polar surface area (TPSA) is 38.5 Å². The Morgan fingerprint density at radius 2 is 2.23 bits per heavy atom. The molecule has 0 aromatic heterocycles. The van der Waals surface area contributed by atoms with E-state index >= 15 is 0 Å². The molecule has 1 aromatic carbocycles. The van der Waals surface area contributed by atoms with Crippen LogP contribution in [0.15, 0.2) is 18.2 Å². The minimum Gasteiger partial charge on any atom is -0.397 e. The Balaban J connectivity index is 2.88. The molecule has 0 aliphatic heterocycles. The summed E-state index contributed by atoms with van der Waals surface area (Å²) in [4.78, 5) is 5.26. The van der Waals surface area contributed by atoms with Crippen LogP contribution in [0.1, 0.15) is 6.92 Å². The van der Waals surface area contributed by atoms with Crippen LogP contribution in [0.3, 0.4) is 0 Å². The molecule has 0 fully saturated rings. The number of anilines is 2. The Kier molecular flexibility index (Phi) is 3.39. The number of nitrogen functional groups attached to an aromatic ring is 1. The van der Waals surface area contributed by atoms with Crippen LogP contribution >= 0.6 is 11.6 Å². The number of hydrogen-bond acceptors (Lipinski definition) is 3. The second kappa shape index (κ2) is 4.35. The number of hydroxylamine groups is 1. The molecule has 0 amide bonds. The smallest absolute Gasteiger partial charge is 0.0863 e. The highest BCUT2D eigenvalue weighted by Crippen LogP contribution is 2.25. The number of rotatable bonds is 3. The van der Waals surface area contributed by atoms with Crippen LogP contribution in [-0.4, -0.2) is 13.7 Å². The van der Waals surface area contributed by atoms with Crippen molar-refractivity contribution in [3.05, 3.63) is 23.2 Å². The van der Waals surface area contributed by atoms with E-state index in [1.54, 1.807) is 17.2 Å². The van der Waals surface area contributed by atoms with E-state index in [-0.39, 0.29) is 0 Å². The van der Waals surface area contributed by atoms with Gasteiger partial charge in [-0.1, -0.05) is 11.6 Å². The molecule has 0 heterocycles. The third kappa shape index (κ3) is 2.50. The molecule has 13 heavy (non-hydrogen) atoms. The predicted octanol–water partition coefficient (Wildman–Crippen LogP) is 2.31. The minimum atomic E-state index is 0.610. The molecule has 0 unspecified atom stereocenters. The first-order valence-electron chi connectivity index (χ1n) is 4.06. The summed E-state index contributed by atoms with van der Waals surface area (Å²) >= 11 is 5.76. The molecular weight excluding hydrogens is 188 g/mol. The lowest BCUT2D eigenvalue weighted by atomic mass is 10.3. The average Bonchev–Trinajstić information content (AvgIpc) is 2.04. The molecule has 72 valence electrons. The average molecular weight is 201 g/mol. The molecule has 0 aliphatic carbocycles. The van der Waals surface area contributed by atoms with E-state index < -0.39 is 0 Å². The fraction of sp³-hybridized carbons (Fsp3) is 0.333. The highest BCUT2D eigenvalue weighted by atomic mass is 35.5. The van der Waals surface area contributed by atoms with Crippen LogP contribution in [-0.2, 0) is 4.84 Å². The van der Waals surface area contributed by atoms with Gasteiger partial charge < -0.3 is 5.73 Å². The normalized spacial score (nSPS) is 10.1. The monoisotopic (exact) mass is 200 g/mol. The first kappa shape index (κ1) is 10.2. The van der Waals surface area contributed by atoms with Crippen LogP contribution in [0, 0.1) is 0 Å². The Labute approximate surface area is 83.0 Å². The Morgan fingerprint density at radius 1 is 1.54 bits per heavy atom. The standard InChI is InChI=1S/C9H13ClN2O/c1-3-13-12(2)9-5-4-7(10)6-8(9)11/h4-6H,3,11H2,1-2H3. The van der Waals surface area contributed by atoms with Gasteiger partial charge in [-0.05, 0) is 25.1 Å². The van der Waals surface area contributed by atoms with Gasteiger partial charge in [0.05, 0.1) is 18.0 Å². The zero-order valence-electron chi connectivity index (χ0n) is 7.75. The Bertz CT molecular complexity index is 291. The maximum absolute atomic E-state index is 5.76. The molecule has 0 saturated carbocycles. The second-order valence-corrected chi connectivity index (χ2v) is 3.05. The van der Waals surface area contributed by atoms with E-state index in [1.807, 2.05) is 20.0 Å². The van der Waals surface area contributed by atoms with E-state index in [1.165, 1.54) is 0 Å². The summed E-state index contributed by atoms with van der Waals surface area (Å²) in [5.74, 6) is 0. The van der Waals surface area contributed by atoms with E-state index in [0.717, 1.165) is 5.69 Å². The van der Waals surface area contributed by atoms with Crippen molar-refractivity contribution in [1.82, 2.24) is 0 Å². The minimum absolute atomic E-state index is 0.610. The third-order valence-electron chi connectivity index (χ3n) is 1.65. The fourth-order valence-electron chi connectivity index (χ4n) is 1.08. The summed E-state index contributed by atoms with van der Waals surface area (Å²) in [6, 6.07) is 5.31. The molecule has 4 heteroatoms. The molecule has 3 nitrogen and oxygen atoms in total. The van der Waals surface area contributed by atoms with Crippen molar-refractivity contribution in [3.8, 4) is 0 Å². The summed E-state index contributed by atoms with van der Waals surface area (Å²) in [5.41, 5.74) is 7.19. The molecular formula is C9H13ClN2O. The van der Waals surface area contributed by atoms with Crippen LogP contribution in [0.2, 0.25) is 5.02 Å². The van der Waals surface area contributed by atoms with Gasteiger partial charge in [0.2, 0.25) is 0 Å². The van der Waals surface area contributed by atoms with Gasteiger partial charge in [-0.15, -0.1) is 0 Å². The molecule has 1 rings (SSSR count). The number of nitrogens with zero attached hydrogens (tertiary/aromatic N) is 1. The molecule has 0 spiro atoms. The number of nitrogens with two attached hydrogens (primary N) is 1. The Morgan fingerprint density at radius 3 is 2.77 bits per heavy atom. The molecule has 0 radical (unpaired) electrons. The van der Waals surface area contributed by atoms with Gasteiger partial charge in [-0.3, -0.25) is 9.90 Å². The largest absolute Gasteiger partial charge is 0.397 e. The van der Waals surface area contributed by atoms with Crippen LogP contribution in [0.25, 0.3) is 0 Å². The second-order valence-electron chi connectivity index (χ2n) is 2.62. The summed E-state index contributed by atoms with van der Waals surface area (Å²) in [6.45, 7) is 2.53. The van der Waals surface area contributed by atoms with Crippen molar-refractivity contribution in [1.29, 1.82) is 0 Å². The lowest BCUT2D eigenvalue weighted by Gasteiger charge is -2.19. The van der Waals surface area contributed by atoms with Crippen molar-refractivity contribution in [2.45, 2.75) is 6.92 Å². The van der Waals surface area contributed by atoms with E-state index in [0.29, 0.717) is 17.3 Å². The number of benzene rings is 1. The van der Waals surface area contributed by atoms with Crippen molar-refractivity contribution < 1.29 is 4.84 Å².